The molecule has 1 saturated heterocycles. The maximum atomic E-state index is 13.7. The van der Waals surface area contributed by atoms with Gasteiger partial charge in [0.25, 0.3) is 0 Å². The third-order valence-electron chi connectivity index (χ3n) is 5.76. The Bertz CT molecular complexity index is 1170. The van der Waals surface area contributed by atoms with Gasteiger partial charge in [-0.05, 0) is 42.7 Å². The van der Waals surface area contributed by atoms with Gasteiger partial charge in [-0.2, -0.15) is 5.10 Å². The highest BCUT2D eigenvalue weighted by molar-refractivity contribution is 5.94. The molecule has 0 N–H and O–H groups in total. The van der Waals surface area contributed by atoms with Crippen LogP contribution in [0.5, 0.6) is 0 Å². The Morgan fingerprint density at radius 3 is 2.55 bits per heavy atom. The van der Waals surface area contributed by atoms with Gasteiger partial charge in [0, 0.05) is 19.3 Å². The third kappa shape index (κ3) is 4.72. The summed E-state index contributed by atoms with van der Waals surface area (Å²) >= 11 is 0. The van der Waals surface area contributed by atoms with Gasteiger partial charge in [0.1, 0.15) is 18.5 Å². The van der Waals surface area contributed by atoms with E-state index in [9.17, 15) is 4.79 Å². The fourth-order valence-electron chi connectivity index (χ4n) is 4.09. The van der Waals surface area contributed by atoms with Crippen molar-refractivity contribution in [2.45, 2.75) is 19.4 Å². The molecular formula is C24H24N8O. The highest BCUT2D eigenvalue weighted by Crippen LogP contribution is 2.26. The van der Waals surface area contributed by atoms with Gasteiger partial charge in [-0.1, -0.05) is 36.4 Å². The summed E-state index contributed by atoms with van der Waals surface area (Å²) in [7, 11) is 0. The van der Waals surface area contributed by atoms with Crippen molar-refractivity contribution in [2.75, 3.05) is 22.9 Å². The quantitative estimate of drug-likeness (QED) is 0.455. The van der Waals surface area contributed by atoms with E-state index in [0.29, 0.717) is 24.7 Å². The summed E-state index contributed by atoms with van der Waals surface area (Å²) in [6.45, 7) is 1.91. The Balaban J connectivity index is 1.34. The van der Waals surface area contributed by atoms with Crippen molar-refractivity contribution in [1.82, 2.24) is 29.9 Å². The Kier molecular flexibility index (Phi) is 6.01. The number of benzene rings is 1. The maximum absolute atomic E-state index is 13.7. The van der Waals surface area contributed by atoms with Crippen molar-refractivity contribution in [3.63, 3.8) is 0 Å². The monoisotopic (exact) mass is 440 g/mol. The average Bonchev–Trinajstić information content (AvgIpc) is 3.43. The Morgan fingerprint density at radius 1 is 1.00 bits per heavy atom. The van der Waals surface area contributed by atoms with Gasteiger partial charge in [-0.3, -0.25) is 9.69 Å². The van der Waals surface area contributed by atoms with E-state index < -0.39 is 0 Å². The number of pyridine rings is 1. The van der Waals surface area contributed by atoms with Crippen molar-refractivity contribution in [3.8, 4) is 5.82 Å². The summed E-state index contributed by atoms with van der Waals surface area (Å²) < 4.78 is 1.56. The van der Waals surface area contributed by atoms with Crippen molar-refractivity contribution >= 4 is 17.5 Å². The summed E-state index contributed by atoms with van der Waals surface area (Å²) in [6, 6.07) is 19.4. The first-order valence-electron chi connectivity index (χ1n) is 11.0. The molecule has 1 amide bonds. The molecule has 5 rings (SSSR count). The first kappa shape index (κ1) is 20.7. The normalized spacial score (nSPS) is 15.9. The molecule has 0 spiro atoms. The number of nitrogens with zero attached hydrogens (tertiary/aromatic N) is 8. The van der Waals surface area contributed by atoms with Crippen LogP contribution in [-0.4, -0.2) is 48.9 Å². The molecule has 1 aliphatic heterocycles. The van der Waals surface area contributed by atoms with E-state index in [1.165, 1.54) is 6.33 Å². The second-order valence-electron chi connectivity index (χ2n) is 7.97. The highest BCUT2D eigenvalue weighted by atomic mass is 16.2. The lowest BCUT2D eigenvalue weighted by atomic mass is 9.96. The molecule has 3 aromatic heterocycles. The minimum absolute atomic E-state index is 0.0782. The first-order chi connectivity index (χ1) is 16.3. The van der Waals surface area contributed by atoms with Crippen LogP contribution in [0.2, 0.25) is 0 Å². The molecule has 1 aliphatic rings. The molecule has 1 atom stereocenters. The van der Waals surface area contributed by atoms with Gasteiger partial charge in [0.15, 0.2) is 11.6 Å². The first-order valence-corrected chi connectivity index (χ1v) is 11.0. The third-order valence-corrected chi connectivity index (χ3v) is 5.76. The van der Waals surface area contributed by atoms with E-state index in [-0.39, 0.29) is 11.8 Å². The minimum Gasteiger partial charge on any atom is -0.354 e. The van der Waals surface area contributed by atoms with E-state index in [4.69, 9.17) is 0 Å². The molecule has 1 fully saturated rings. The van der Waals surface area contributed by atoms with Crippen LogP contribution in [0.4, 0.5) is 11.6 Å². The second kappa shape index (κ2) is 9.56. The number of aromatic nitrogens is 6. The zero-order valence-electron chi connectivity index (χ0n) is 18.1. The lowest BCUT2D eigenvalue weighted by Gasteiger charge is -2.35. The Morgan fingerprint density at radius 2 is 1.82 bits per heavy atom. The van der Waals surface area contributed by atoms with Crippen LogP contribution in [0.3, 0.4) is 0 Å². The number of piperidine rings is 1. The van der Waals surface area contributed by atoms with Crippen molar-refractivity contribution < 1.29 is 4.79 Å². The van der Waals surface area contributed by atoms with Crippen molar-refractivity contribution in [2.24, 2.45) is 5.92 Å². The van der Waals surface area contributed by atoms with E-state index in [0.717, 1.165) is 30.8 Å². The van der Waals surface area contributed by atoms with Gasteiger partial charge in [-0.15, -0.1) is 10.2 Å². The molecule has 1 unspecified atom stereocenters. The van der Waals surface area contributed by atoms with Gasteiger partial charge in [0.05, 0.1) is 12.5 Å². The van der Waals surface area contributed by atoms with Gasteiger partial charge < -0.3 is 4.90 Å². The standard InChI is InChI=1S/C24H24N8O/c33-24(31(21-10-4-5-13-26-21)15-19-7-2-1-3-8-19)20-9-6-14-30(16-20)22-11-12-23(29-28-22)32-18-25-17-27-32/h1-5,7-8,10-13,17-18,20H,6,9,14-16H2. The molecule has 9 heteroatoms. The topological polar surface area (TPSA) is 92.9 Å². The zero-order valence-corrected chi connectivity index (χ0v) is 18.1. The molecule has 33 heavy (non-hydrogen) atoms. The molecule has 0 bridgehead atoms. The number of carbonyl (C=O) groups is 1. The van der Waals surface area contributed by atoms with Crippen LogP contribution in [0.15, 0.2) is 79.5 Å². The van der Waals surface area contributed by atoms with Crippen molar-refractivity contribution in [1.29, 1.82) is 0 Å². The number of hydrogen-bond acceptors (Lipinski definition) is 7. The summed E-state index contributed by atoms with van der Waals surface area (Å²) in [5.41, 5.74) is 1.07. The Labute approximate surface area is 191 Å². The fourth-order valence-corrected chi connectivity index (χ4v) is 4.09. The summed E-state index contributed by atoms with van der Waals surface area (Å²) in [6.07, 6.45) is 6.50. The van der Waals surface area contributed by atoms with Crippen LogP contribution >= 0.6 is 0 Å². The van der Waals surface area contributed by atoms with Crippen molar-refractivity contribution in [3.05, 3.63) is 85.1 Å². The highest BCUT2D eigenvalue weighted by Gasteiger charge is 2.31. The van der Waals surface area contributed by atoms with Crippen LogP contribution in [0, 0.1) is 5.92 Å². The largest absolute Gasteiger partial charge is 0.354 e. The molecule has 0 radical (unpaired) electrons. The molecule has 4 aromatic rings. The molecule has 4 heterocycles. The molecule has 0 aliphatic carbocycles. The lowest BCUT2D eigenvalue weighted by molar-refractivity contribution is -0.122. The summed E-state index contributed by atoms with van der Waals surface area (Å²) in [5, 5.41) is 12.7. The lowest BCUT2D eigenvalue weighted by Crippen LogP contribution is -2.45. The van der Waals surface area contributed by atoms with Gasteiger partial charge in [-0.25, -0.2) is 14.6 Å². The smallest absolute Gasteiger partial charge is 0.233 e. The maximum Gasteiger partial charge on any atom is 0.233 e. The molecule has 1 aromatic carbocycles. The van der Waals surface area contributed by atoms with E-state index in [1.807, 2.05) is 60.7 Å². The predicted octanol–water partition coefficient (Wildman–Crippen LogP) is 2.90. The van der Waals surface area contributed by atoms with Gasteiger partial charge >= 0.3 is 0 Å². The molecule has 0 saturated carbocycles. The zero-order chi connectivity index (χ0) is 22.5. The number of amides is 1. The average molecular weight is 441 g/mol. The van der Waals surface area contributed by atoms with Gasteiger partial charge in [0.2, 0.25) is 5.91 Å². The van der Waals surface area contributed by atoms with E-state index in [2.05, 4.69) is 30.2 Å². The van der Waals surface area contributed by atoms with Crippen LogP contribution in [-0.2, 0) is 11.3 Å². The Hall–Kier alpha value is -4.14. The summed E-state index contributed by atoms with van der Waals surface area (Å²) in [4.78, 5) is 26.0. The molecular weight excluding hydrogens is 416 g/mol. The second-order valence-corrected chi connectivity index (χ2v) is 7.97. The number of rotatable bonds is 6. The van der Waals surface area contributed by atoms with E-state index >= 15 is 0 Å². The van der Waals surface area contributed by atoms with Crippen LogP contribution in [0.25, 0.3) is 5.82 Å². The number of hydrogen-bond donors (Lipinski definition) is 0. The van der Waals surface area contributed by atoms with Crippen LogP contribution < -0.4 is 9.80 Å². The molecule has 9 nitrogen and oxygen atoms in total. The molecule has 166 valence electrons. The minimum atomic E-state index is -0.152. The fraction of sp³-hybridized carbons (Fsp3) is 0.250. The number of carbonyl (C=O) groups excluding carboxylic acids is 1. The summed E-state index contributed by atoms with van der Waals surface area (Å²) in [5.74, 6) is 1.95. The SMILES string of the molecule is O=C(C1CCCN(c2ccc(-n3cncn3)nn2)C1)N(Cc1ccccc1)c1ccccn1. The number of anilines is 2. The van der Waals surface area contributed by atoms with Crippen LogP contribution in [0.1, 0.15) is 18.4 Å². The predicted molar refractivity (Wildman–Crippen MR) is 124 cm³/mol. The van der Waals surface area contributed by atoms with E-state index in [1.54, 1.807) is 22.1 Å².